The van der Waals surface area contributed by atoms with E-state index in [1.807, 2.05) is 21.1 Å². The summed E-state index contributed by atoms with van der Waals surface area (Å²) in [5.41, 5.74) is 0. The minimum Gasteiger partial charge on any atom is -0.756 e. The molecule has 0 aromatic carbocycles. The highest BCUT2D eigenvalue weighted by molar-refractivity contribution is 7.45. The monoisotopic (exact) mass is 876 g/mol. The Labute approximate surface area is 376 Å². The molecule has 0 N–H and O–H groups in total. The van der Waals surface area contributed by atoms with Gasteiger partial charge in [-0.3, -0.25) is 9.36 Å². The fourth-order valence-electron chi connectivity index (χ4n) is 6.49. The predicted octanol–water partition coefficient (Wildman–Crippen LogP) is 14.4. The van der Waals surface area contributed by atoms with Gasteiger partial charge in [0.05, 0.1) is 41.0 Å². The zero-order valence-corrected chi connectivity index (χ0v) is 41.0. The lowest BCUT2D eigenvalue weighted by Crippen LogP contribution is -2.37. The van der Waals surface area contributed by atoms with Crippen LogP contribution in [0.15, 0.2) is 72.9 Å². The van der Waals surface area contributed by atoms with Crippen LogP contribution in [0.25, 0.3) is 0 Å². The number of esters is 1. The Morgan fingerprint density at radius 2 is 0.951 bits per heavy atom. The standard InChI is InChI=1S/C52H94NO7P/c1-6-8-10-12-14-16-18-20-22-24-25-26-27-28-29-30-31-33-35-37-39-41-43-45-52(54)60-51(50-59-61(55,56)58-48-46-53(3,4)5)49-57-47-44-42-40-38-36-34-32-23-21-19-17-15-13-11-9-7-2/h9,11,15,17,21,23-25,34,36,40,42,51H,6-8,10,12-14,16,18-20,22,26-33,35,37-39,41,43-50H2,1-5H3/b11-9-,17-15-,23-21-,25-24-,36-34-,42-40-. The maximum Gasteiger partial charge on any atom is 0.306 e. The van der Waals surface area contributed by atoms with Crippen LogP contribution in [0.2, 0.25) is 0 Å². The van der Waals surface area contributed by atoms with E-state index in [0.717, 1.165) is 51.4 Å². The SMILES string of the molecule is CC/C=C\C/C=C\C/C=C\C/C=C\C/C=C\CCOCC(COP(=O)([O-])OCC[N+](C)(C)C)OC(=O)CCCCCCCCCCCCC/C=C\CCCCCCCCCC. The molecule has 354 valence electrons. The number of quaternary nitrogens is 1. The van der Waals surface area contributed by atoms with Crippen molar-refractivity contribution in [3.8, 4) is 0 Å². The van der Waals surface area contributed by atoms with Crippen LogP contribution < -0.4 is 4.89 Å². The van der Waals surface area contributed by atoms with Gasteiger partial charge in [0.15, 0.2) is 0 Å². The smallest absolute Gasteiger partial charge is 0.306 e. The first-order valence-electron chi connectivity index (χ1n) is 24.7. The maximum atomic E-state index is 12.7. The lowest BCUT2D eigenvalue weighted by atomic mass is 10.0. The number of hydrogen-bond donors (Lipinski definition) is 0. The molecule has 0 aliphatic heterocycles. The lowest BCUT2D eigenvalue weighted by Gasteiger charge is -2.28. The second kappa shape index (κ2) is 44.5. The molecule has 0 amide bonds. The predicted molar refractivity (Wildman–Crippen MR) is 259 cm³/mol. The van der Waals surface area contributed by atoms with Gasteiger partial charge < -0.3 is 27.9 Å². The van der Waals surface area contributed by atoms with E-state index in [4.69, 9.17) is 18.5 Å². The van der Waals surface area contributed by atoms with Gasteiger partial charge >= 0.3 is 5.97 Å². The van der Waals surface area contributed by atoms with Crippen LogP contribution in [0.4, 0.5) is 0 Å². The number of carbonyl (C=O) groups is 1. The van der Waals surface area contributed by atoms with Crippen molar-refractivity contribution in [1.29, 1.82) is 0 Å². The first kappa shape index (κ1) is 58.9. The summed E-state index contributed by atoms with van der Waals surface area (Å²) >= 11 is 0. The average molecular weight is 876 g/mol. The summed E-state index contributed by atoms with van der Waals surface area (Å²) in [6.07, 6.45) is 58.1. The first-order valence-corrected chi connectivity index (χ1v) is 26.1. The van der Waals surface area contributed by atoms with Crippen molar-refractivity contribution in [2.75, 3.05) is 54.1 Å². The van der Waals surface area contributed by atoms with Crippen molar-refractivity contribution in [1.82, 2.24) is 0 Å². The molecule has 0 saturated carbocycles. The van der Waals surface area contributed by atoms with Gasteiger partial charge in [-0.1, -0.05) is 189 Å². The van der Waals surface area contributed by atoms with Crippen molar-refractivity contribution in [2.45, 2.75) is 200 Å². The van der Waals surface area contributed by atoms with Gasteiger partial charge in [0.25, 0.3) is 7.82 Å². The summed E-state index contributed by atoms with van der Waals surface area (Å²) in [6, 6.07) is 0. The number of carbonyl (C=O) groups excluding carboxylic acids is 1. The molecule has 0 spiro atoms. The van der Waals surface area contributed by atoms with Gasteiger partial charge in [-0.2, -0.15) is 0 Å². The highest BCUT2D eigenvalue weighted by atomic mass is 31.2. The zero-order chi connectivity index (χ0) is 44.8. The van der Waals surface area contributed by atoms with Gasteiger partial charge in [-0.25, -0.2) is 0 Å². The van der Waals surface area contributed by atoms with Crippen LogP contribution in [0.5, 0.6) is 0 Å². The minimum atomic E-state index is -4.55. The van der Waals surface area contributed by atoms with Crippen molar-refractivity contribution in [3.63, 3.8) is 0 Å². The molecule has 0 bridgehead atoms. The molecule has 0 radical (unpaired) electrons. The molecule has 0 heterocycles. The molecule has 0 saturated heterocycles. The summed E-state index contributed by atoms with van der Waals surface area (Å²) < 4.78 is 34.5. The number of phosphoric ester groups is 1. The minimum absolute atomic E-state index is 0.00994. The molecule has 0 aliphatic carbocycles. The third-order valence-electron chi connectivity index (χ3n) is 10.3. The Balaban J connectivity index is 4.22. The summed E-state index contributed by atoms with van der Waals surface area (Å²) in [5.74, 6) is -0.360. The molecule has 8 nitrogen and oxygen atoms in total. The Kier molecular flexibility index (Phi) is 43.0. The molecule has 0 aromatic rings. The van der Waals surface area contributed by atoms with E-state index in [1.165, 1.54) is 116 Å². The third kappa shape index (κ3) is 48.8. The van der Waals surface area contributed by atoms with E-state index in [2.05, 4.69) is 86.8 Å². The maximum absolute atomic E-state index is 12.7. The topological polar surface area (TPSA) is 94.1 Å². The van der Waals surface area contributed by atoms with Crippen molar-refractivity contribution >= 4 is 13.8 Å². The van der Waals surface area contributed by atoms with Gasteiger partial charge in [-0.15, -0.1) is 0 Å². The summed E-state index contributed by atoms with van der Waals surface area (Å²) in [5, 5.41) is 0. The summed E-state index contributed by atoms with van der Waals surface area (Å²) in [4.78, 5) is 25.1. The number of hydrogen-bond acceptors (Lipinski definition) is 7. The van der Waals surface area contributed by atoms with Crippen LogP contribution >= 0.6 is 7.82 Å². The summed E-state index contributed by atoms with van der Waals surface area (Å²) in [6.45, 7) is 5.07. The van der Waals surface area contributed by atoms with Gasteiger partial charge in [0.2, 0.25) is 0 Å². The van der Waals surface area contributed by atoms with Crippen LogP contribution in [-0.4, -0.2) is 70.7 Å². The van der Waals surface area contributed by atoms with E-state index in [-0.39, 0.29) is 25.8 Å². The zero-order valence-electron chi connectivity index (χ0n) is 40.1. The number of likely N-dealkylation sites (N-methyl/N-ethyl adjacent to an activating group) is 1. The van der Waals surface area contributed by atoms with Crippen LogP contribution in [0, 0.1) is 0 Å². The number of unbranched alkanes of at least 4 members (excludes halogenated alkanes) is 19. The van der Waals surface area contributed by atoms with Gasteiger partial charge in [-0.05, 0) is 70.6 Å². The second-order valence-corrected chi connectivity index (χ2v) is 18.8. The van der Waals surface area contributed by atoms with E-state index >= 15 is 0 Å². The highest BCUT2D eigenvalue weighted by Crippen LogP contribution is 2.38. The van der Waals surface area contributed by atoms with Crippen molar-refractivity contribution < 1.29 is 37.3 Å². The molecule has 0 aliphatic rings. The normalized spacial score (nSPS) is 14.3. The fourth-order valence-corrected chi connectivity index (χ4v) is 7.22. The van der Waals surface area contributed by atoms with Crippen LogP contribution in [-0.2, 0) is 27.9 Å². The quantitative estimate of drug-likeness (QED) is 0.0198. The van der Waals surface area contributed by atoms with Crippen LogP contribution in [0.1, 0.15) is 194 Å². The Morgan fingerprint density at radius 3 is 1.43 bits per heavy atom. The van der Waals surface area contributed by atoms with E-state index in [0.29, 0.717) is 30.5 Å². The van der Waals surface area contributed by atoms with E-state index < -0.39 is 13.9 Å². The Bertz CT molecular complexity index is 1200. The molecule has 2 atom stereocenters. The molecule has 0 rings (SSSR count). The van der Waals surface area contributed by atoms with Crippen molar-refractivity contribution in [3.05, 3.63) is 72.9 Å². The molecule has 0 fully saturated rings. The van der Waals surface area contributed by atoms with E-state index in [1.54, 1.807) is 0 Å². The third-order valence-corrected chi connectivity index (χ3v) is 11.2. The van der Waals surface area contributed by atoms with Gasteiger partial charge in [0.1, 0.15) is 19.3 Å². The average Bonchev–Trinajstić information content (AvgIpc) is 3.22. The Hall–Kier alpha value is -2.06. The number of phosphoric acid groups is 1. The molecular weight excluding hydrogens is 782 g/mol. The molecule has 9 heteroatoms. The fraction of sp³-hybridized carbons (Fsp3) is 0.750. The highest BCUT2D eigenvalue weighted by Gasteiger charge is 2.20. The van der Waals surface area contributed by atoms with E-state index in [9.17, 15) is 14.3 Å². The number of allylic oxidation sites excluding steroid dienone is 11. The largest absolute Gasteiger partial charge is 0.756 e. The molecule has 2 unspecified atom stereocenters. The molecular formula is C52H94NO7P. The van der Waals surface area contributed by atoms with Gasteiger partial charge in [0, 0.05) is 6.42 Å². The summed E-state index contributed by atoms with van der Waals surface area (Å²) in [7, 11) is 1.30. The van der Waals surface area contributed by atoms with Crippen molar-refractivity contribution in [2.24, 2.45) is 0 Å². The Morgan fingerprint density at radius 1 is 0.525 bits per heavy atom. The first-order chi connectivity index (χ1) is 29.6. The number of nitrogens with zero attached hydrogens (tertiary/aromatic N) is 1. The number of ether oxygens (including phenoxy) is 2. The number of rotatable bonds is 45. The lowest BCUT2D eigenvalue weighted by molar-refractivity contribution is -0.870. The van der Waals surface area contributed by atoms with Crippen LogP contribution in [0.3, 0.4) is 0 Å². The molecule has 61 heavy (non-hydrogen) atoms. The second-order valence-electron chi connectivity index (χ2n) is 17.4. The molecule has 0 aromatic heterocycles.